The Hall–Kier alpha value is -2.91. The van der Waals surface area contributed by atoms with E-state index in [9.17, 15) is 44.7 Å². The number of aliphatic hydroxyl groups is 5. The van der Waals surface area contributed by atoms with Gasteiger partial charge >= 0.3 is 0 Å². The molecular weight excluding hydrogens is 768 g/mol. The Balaban J connectivity index is 1.15. The van der Waals surface area contributed by atoms with E-state index in [2.05, 4.69) is 15.6 Å². The molecule has 4 aliphatic carbocycles. The number of Topliss-reactive ketones (excluding diaryl/α,β-unsaturated/α-hetero) is 2. The second-order valence-corrected chi connectivity index (χ2v) is 18.1. The van der Waals surface area contributed by atoms with E-state index in [-0.39, 0.29) is 66.6 Å². The minimum Gasteiger partial charge on any atom is -0.394 e. The molecule has 0 aromatic rings. The molecule has 0 aromatic heterocycles. The molecule has 19 atom stereocenters. The minimum absolute atomic E-state index is 0.00932. The lowest BCUT2D eigenvalue weighted by Gasteiger charge is -2.57. The molecule has 3 aliphatic heterocycles. The molecule has 330 valence electrons. The van der Waals surface area contributed by atoms with E-state index in [0.29, 0.717) is 38.6 Å². The normalized spacial score (nSPS) is 45.8. The van der Waals surface area contributed by atoms with Crippen molar-refractivity contribution in [1.29, 1.82) is 0 Å². The Kier molecular flexibility index (Phi) is 13.3. The van der Waals surface area contributed by atoms with Crippen LogP contribution in [-0.4, -0.2) is 154 Å². The number of imide groups is 1. The zero-order chi connectivity index (χ0) is 42.5. The van der Waals surface area contributed by atoms with Crippen molar-refractivity contribution < 1.29 is 58.9 Å². The van der Waals surface area contributed by atoms with E-state index in [1.165, 1.54) is 7.11 Å². The van der Waals surface area contributed by atoms with Crippen LogP contribution in [-0.2, 0) is 33.4 Å². The van der Waals surface area contributed by atoms with E-state index >= 15 is 0 Å². The number of ether oxygens (including phenoxy) is 3. The van der Waals surface area contributed by atoms with Crippen LogP contribution in [0.5, 0.6) is 0 Å². The number of hydrogen-bond acceptors (Lipinski definition) is 15. The maximum Gasteiger partial charge on any atom is 0.253 e. The molecule has 2 amide bonds. The highest BCUT2D eigenvalue weighted by molar-refractivity contribution is 6.12. The van der Waals surface area contributed by atoms with E-state index < -0.39 is 103 Å². The lowest BCUT2D eigenvalue weighted by molar-refractivity contribution is -0.349. The van der Waals surface area contributed by atoms with Gasteiger partial charge in [0.25, 0.3) is 11.8 Å². The molecule has 0 bridgehead atoms. The topological polar surface area (TPSA) is 289 Å². The monoisotopic (exact) mass is 832 g/mol. The van der Waals surface area contributed by atoms with Crippen LogP contribution in [0.4, 0.5) is 0 Å². The van der Waals surface area contributed by atoms with E-state index in [1.54, 1.807) is 7.05 Å². The summed E-state index contributed by atoms with van der Waals surface area (Å²) in [5.74, 6) is -6.30. The van der Waals surface area contributed by atoms with Crippen molar-refractivity contribution in [3.8, 4) is 0 Å². The zero-order valence-electron chi connectivity index (χ0n) is 34.2. The maximum absolute atomic E-state index is 15.0. The predicted molar refractivity (Wildman–Crippen MR) is 209 cm³/mol. The third-order valence-corrected chi connectivity index (χ3v) is 15.2. The van der Waals surface area contributed by atoms with Gasteiger partial charge in [0.2, 0.25) is 0 Å². The van der Waals surface area contributed by atoms with Crippen molar-refractivity contribution in [2.45, 2.75) is 125 Å². The Morgan fingerprint density at radius 2 is 1.76 bits per heavy atom. The van der Waals surface area contributed by atoms with Gasteiger partial charge in [0.1, 0.15) is 35.5 Å². The fourth-order valence-corrected chi connectivity index (χ4v) is 12.4. The average Bonchev–Trinajstić information content (AvgIpc) is 3.54. The minimum atomic E-state index is -2.28. The summed E-state index contributed by atoms with van der Waals surface area (Å²) in [6.45, 7) is 1.56. The number of methoxy groups -OCH3 is 1. The number of nitrogens with two attached hydrogens (primary N) is 2. The van der Waals surface area contributed by atoms with Gasteiger partial charge in [-0.05, 0) is 68.7 Å². The number of carbonyl (C=O) groups excluding carboxylic acids is 4. The number of nitrogens with zero attached hydrogens (tertiary/aromatic N) is 2. The number of amides is 2. The molecule has 11 N–H and O–H groups in total. The molecule has 7 rings (SSSR count). The summed E-state index contributed by atoms with van der Waals surface area (Å²) >= 11 is 0. The van der Waals surface area contributed by atoms with Gasteiger partial charge in [0.15, 0.2) is 12.2 Å². The van der Waals surface area contributed by atoms with Crippen molar-refractivity contribution >= 4 is 29.3 Å². The van der Waals surface area contributed by atoms with Crippen LogP contribution < -0.4 is 22.1 Å². The smallest absolute Gasteiger partial charge is 0.253 e. The Morgan fingerprint density at radius 1 is 1.03 bits per heavy atom. The summed E-state index contributed by atoms with van der Waals surface area (Å²) in [6, 6.07) is -0.241. The molecule has 19 unspecified atom stereocenters. The highest BCUT2D eigenvalue weighted by atomic mass is 16.7. The van der Waals surface area contributed by atoms with Crippen LogP contribution in [0, 0.1) is 53.3 Å². The molecule has 7 aliphatic rings. The number of guanidine groups is 1. The molecule has 6 fully saturated rings. The Bertz CT molecular complexity index is 1630. The molecule has 59 heavy (non-hydrogen) atoms. The molecule has 0 radical (unpaired) electrons. The molecule has 18 heteroatoms. The summed E-state index contributed by atoms with van der Waals surface area (Å²) < 4.78 is 18.5. The first kappa shape index (κ1) is 44.2. The van der Waals surface area contributed by atoms with E-state index in [4.69, 9.17) is 25.7 Å². The van der Waals surface area contributed by atoms with Gasteiger partial charge in [-0.3, -0.25) is 29.1 Å². The molecule has 4 saturated carbocycles. The quantitative estimate of drug-likeness (QED) is 0.0613. The average molecular weight is 833 g/mol. The second kappa shape index (κ2) is 17.8. The molecular formula is C41H64N6O12. The largest absolute Gasteiger partial charge is 0.394 e. The SMILES string of the molecule is CCC1C(OC)CC(OC2OC(CO)C(O)(CC(CN3C(=O)C=CC3=O)C3CCNC(N)C3)C(O)C2O)C2C(=O)C3C(CC4CCCC(NC(N)=NC)C4C3O)C(=O)C12. The number of fused-ring (bicyclic) bond motifs is 3. The first-order valence-electron chi connectivity index (χ1n) is 21.5. The van der Waals surface area contributed by atoms with Crippen molar-refractivity contribution in [1.82, 2.24) is 15.5 Å². The van der Waals surface area contributed by atoms with Gasteiger partial charge in [-0.2, -0.15) is 0 Å². The fraction of sp³-hybridized carbons (Fsp3) is 0.829. The van der Waals surface area contributed by atoms with Gasteiger partial charge in [-0.1, -0.05) is 19.8 Å². The number of aliphatic hydroxyl groups excluding tert-OH is 4. The molecule has 3 heterocycles. The summed E-state index contributed by atoms with van der Waals surface area (Å²) in [5, 5.41) is 64.9. The van der Waals surface area contributed by atoms with Crippen LogP contribution >= 0.6 is 0 Å². The van der Waals surface area contributed by atoms with Crippen LogP contribution in [0.25, 0.3) is 0 Å². The summed E-state index contributed by atoms with van der Waals surface area (Å²) in [6.07, 6.45) is -3.59. The van der Waals surface area contributed by atoms with E-state index in [0.717, 1.165) is 29.9 Å². The summed E-state index contributed by atoms with van der Waals surface area (Å²) in [7, 11) is 3.10. The van der Waals surface area contributed by atoms with Crippen LogP contribution in [0.1, 0.15) is 64.7 Å². The highest BCUT2D eigenvalue weighted by Gasteiger charge is 2.64. The molecule has 18 nitrogen and oxygen atoms in total. The third-order valence-electron chi connectivity index (χ3n) is 15.2. The number of nitrogens with one attached hydrogen (secondary N) is 2. The number of rotatable bonds is 11. The number of piperidine rings is 1. The zero-order valence-corrected chi connectivity index (χ0v) is 34.2. The lowest BCUT2D eigenvalue weighted by atomic mass is 9.49. The number of carbonyl (C=O) groups is 4. The summed E-state index contributed by atoms with van der Waals surface area (Å²) in [4.78, 5) is 60.1. The predicted octanol–water partition coefficient (Wildman–Crippen LogP) is -2.10. The lowest BCUT2D eigenvalue weighted by Crippen LogP contribution is -2.70. The number of hydrogen-bond donors (Lipinski definition) is 9. The number of aliphatic imine (C=N–C) groups is 1. The van der Waals surface area contributed by atoms with Crippen LogP contribution in [0.2, 0.25) is 0 Å². The number of ketones is 2. The van der Waals surface area contributed by atoms with Crippen molar-refractivity contribution in [3.63, 3.8) is 0 Å². The second-order valence-electron chi connectivity index (χ2n) is 18.1. The van der Waals surface area contributed by atoms with Crippen molar-refractivity contribution in [2.24, 2.45) is 69.7 Å². The first-order valence-corrected chi connectivity index (χ1v) is 21.5. The highest BCUT2D eigenvalue weighted by Crippen LogP contribution is 2.55. The van der Waals surface area contributed by atoms with Crippen molar-refractivity contribution in [3.05, 3.63) is 12.2 Å². The van der Waals surface area contributed by atoms with Gasteiger partial charge < -0.3 is 61.8 Å². The molecule has 0 spiro atoms. The van der Waals surface area contributed by atoms with Gasteiger partial charge in [-0.15, -0.1) is 0 Å². The Labute approximate surface area is 344 Å². The van der Waals surface area contributed by atoms with Gasteiger partial charge in [0.05, 0.1) is 42.9 Å². The van der Waals surface area contributed by atoms with Gasteiger partial charge in [-0.25, -0.2) is 0 Å². The molecule has 0 aromatic carbocycles. The van der Waals surface area contributed by atoms with E-state index in [1.807, 2.05) is 6.92 Å². The standard InChI is InChI=1S/C41H64N6O12/c1-4-21-24(57-3)14-25(33-31(21)34(51)22-12-19-6-5-7-23(46-40(43)44-2)30(19)35(52)32(22)36(33)53)58-39-37(54)38(55)41(56,26(17-48)59-39)15-20(18-10-11-45-27(42)13-18)16-47-28(49)8-9-29(47)50/h8-9,18-27,30-33,35,37-39,45,48,52,54-56H,4-7,10-17,42H2,1-3H3,(H3,43,44,46). The maximum atomic E-state index is 15.0. The van der Waals surface area contributed by atoms with Crippen LogP contribution in [0.15, 0.2) is 17.1 Å². The summed E-state index contributed by atoms with van der Waals surface area (Å²) in [5.41, 5.74) is 9.99. The third kappa shape index (κ3) is 8.03. The van der Waals surface area contributed by atoms with Crippen LogP contribution in [0.3, 0.4) is 0 Å². The molecule has 2 saturated heterocycles. The fourth-order valence-electron chi connectivity index (χ4n) is 12.4. The Morgan fingerprint density at radius 3 is 2.41 bits per heavy atom. The van der Waals surface area contributed by atoms with Crippen molar-refractivity contribution in [2.75, 3.05) is 33.9 Å². The van der Waals surface area contributed by atoms with Gasteiger partial charge in [0, 0.05) is 63.1 Å². The first-order chi connectivity index (χ1) is 28.2.